The zero-order chi connectivity index (χ0) is 17.3. The highest BCUT2D eigenvalue weighted by atomic mass is 32.1. The van der Waals surface area contributed by atoms with Gasteiger partial charge < -0.3 is 10.2 Å². The molecule has 5 nitrogen and oxygen atoms in total. The van der Waals surface area contributed by atoms with Gasteiger partial charge in [-0.3, -0.25) is 4.79 Å². The summed E-state index contributed by atoms with van der Waals surface area (Å²) < 4.78 is 13.0. The van der Waals surface area contributed by atoms with Gasteiger partial charge in [0.15, 0.2) is 0 Å². The summed E-state index contributed by atoms with van der Waals surface area (Å²) in [6.07, 6.45) is 0.727. The molecule has 0 radical (unpaired) electrons. The lowest BCUT2D eigenvalue weighted by Gasteiger charge is -2.17. The van der Waals surface area contributed by atoms with Crippen LogP contribution in [0.25, 0.3) is 0 Å². The van der Waals surface area contributed by atoms with Crippen molar-refractivity contribution in [2.75, 3.05) is 11.9 Å². The number of rotatable bonds is 4. The van der Waals surface area contributed by atoms with Gasteiger partial charge >= 0.3 is 0 Å². The largest absolute Gasteiger partial charge is 0.348 e. The van der Waals surface area contributed by atoms with Gasteiger partial charge in [0.25, 0.3) is 0 Å². The zero-order valence-corrected chi connectivity index (χ0v) is 14.9. The maximum absolute atomic E-state index is 13.0. The fourth-order valence-electron chi connectivity index (χ4n) is 2.57. The normalized spacial score (nSPS) is 18.2. The van der Waals surface area contributed by atoms with Crippen LogP contribution in [0.4, 0.5) is 9.52 Å². The molecule has 1 amide bonds. The van der Waals surface area contributed by atoms with Crippen molar-refractivity contribution in [1.29, 1.82) is 0 Å². The maximum Gasteiger partial charge on any atom is 0.245 e. The molecule has 1 N–H and O–H groups in total. The number of halogens is 1. The quantitative estimate of drug-likeness (QED) is 0.922. The summed E-state index contributed by atoms with van der Waals surface area (Å²) in [4.78, 5) is 14.3. The van der Waals surface area contributed by atoms with E-state index in [2.05, 4.69) is 36.3 Å². The predicted octanol–water partition coefficient (Wildman–Crippen LogP) is 3.19. The number of benzene rings is 1. The summed E-state index contributed by atoms with van der Waals surface area (Å²) in [5.41, 5.74) is 0.877. The molecular weight excluding hydrogens is 327 g/mol. The second kappa shape index (κ2) is 6.47. The molecule has 7 heteroatoms. The number of nitrogens with zero attached hydrogens (tertiary/aromatic N) is 3. The van der Waals surface area contributed by atoms with Crippen LogP contribution in [-0.2, 0) is 16.8 Å². The average Bonchev–Trinajstić information content (AvgIpc) is 3.11. The van der Waals surface area contributed by atoms with Crippen molar-refractivity contribution in [3.63, 3.8) is 0 Å². The molecule has 24 heavy (non-hydrogen) atoms. The molecule has 1 aromatic carbocycles. The standard InChI is InChI=1S/C17H21FN4OS/c1-17(2,3)15-20-21-16(24-15)19-13-8-9-22(14(13)23)10-11-4-6-12(18)7-5-11/h4-7,13H,8-10H2,1-3H3,(H,19,21). The third-order valence-corrected chi connectivity index (χ3v) is 5.23. The van der Waals surface area contributed by atoms with Gasteiger partial charge in [-0.05, 0) is 24.1 Å². The van der Waals surface area contributed by atoms with Gasteiger partial charge in [-0.2, -0.15) is 0 Å². The summed E-state index contributed by atoms with van der Waals surface area (Å²) in [6, 6.07) is 5.99. The molecule has 0 saturated carbocycles. The van der Waals surface area contributed by atoms with Crippen LogP contribution in [-0.4, -0.2) is 33.6 Å². The first-order valence-corrected chi connectivity index (χ1v) is 8.78. The first kappa shape index (κ1) is 16.8. The third kappa shape index (κ3) is 3.72. The Hall–Kier alpha value is -2.02. The van der Waals surface area contributed by atoms with Crippen LogP contribution < -0.4 is 5.32 Å². The van der Waals surface area contributed by atoms with Gasteiger partial charge in [-0.25, -0.2) is 4.39 Å². The lowest BCUT2D eigenvalue weighted by Crippen LogP contribution is -2.33. The van der Waals surface area contributed by atoms with E-state index in [4.69, 9.17) is 0 Å². The number of hydrogen-bond donors (Lipinski definition) is 1. The Morgan fingerprint density at radius 2 is 2.00 bits per heavy atom. The van der Waals surface area contributed by atoms with Crippen LogP contribution >= 0.6 is 11.3 Å². The van der Waals surface area contributed by atoms with Crippen LogP contribution in [0.15, 0.2) is 24.3 Å². The molecule has 0 bridgehead atoms. The molecule has 2 aromatic rings. The van der Waals surface area contributed by atoms with Crippen molar-refractivity contribution in [3.05, 3.63) is 40.7 Å². The Bertz CT molecular complexity index is 723. The Balaban J connectivity index is 1.61. The van der Waals surface area contributed by atoms with E-state index in [-0.39, 0.29) is 23.2 Å². The van der Waals surface area contributed by atoms with Crippen molar-refractivity contribution < 1.29 is 9.18 Å². The molecule has 1 saturated heterocycles. The average molecular weight is 348 g/mol. The number of amides is 1. The minimum Gasteiger partial charge on any atom is -0.348 e. The molecule has 1 aliphatic heterocycles. The SMILES string of the molecule is CC(C)(C)c1nnc(NC2CCN(Cc3ccc(F)cc3)C2=O)s1. The summed E-state index contributed by atoms with van der Waals surface area (Å²) >= 11 is 1.49. The number of likely N-dealkylation sites (tertiary alicyclic amines) is 1. The van der Waals surface area contributed by atoms with E-state index >= 15 is 0 Å². The molecule has 128 valence electrons. The maximum atomic E-state index is 13.0. The lowest BCUT2D eigenvalue weighted by atomic mass is 9.98. The van der Waals surface area contributed by atoms with Crippen molar-refractivity contribution in [3.8, 4) is 0 Å². The smallest absolute Gasteiger partial charge is 0.245 e. The van der Waals surface area contributed by atoms with Crippen molar-refractivity contribution in [2.24, 2.45) is 0 Å². The van der Waals surface area contributed by atoms with E-state index in [9.17, 15) is 9.18 Å². The Kier molecular flexibility index (Phi) is 4.54. The van der Waals surface area contributed by atoms with Gasteiger partial charge in [0.2, 0.25) is 11.0 Å². The molecule has 1 atom stereocenters. The van der Waals surface area contributed by atoms with Crippen LogP contribution in [0.5, 0.6) is 0 Å². The molecule has 2 heterocycles. The highest BCUT2D eigenvalue weighted by Crippen LogP contribution is 2.29. The summed E-state index contributed by atoms with van der Waals surface area (Å²) in [6.45, 7) is 7.44. The van der Waals surface area contributed by atoms with E-state index in [1.165, 1.54) is 23.5 Å². The van der Waals surface area contributed by atoms with Crippen LogP contribution in [0, 0.1) is 5.82 Å². The summed E-state index contributed by atoms with van der Waals surface area (Å²) in [5.74, 6) is -0.219. The fourth-order valence-corrected chi connectivity index (χ4v) is 3.43. The molecule has 0 aliphatic carbocycles. The van der Waals surface area contributed by atoms with Gasteiger partial charge in [-0.1, -0.05) is 44.2 Å². The molecule has 1 aromatic heterocycles. The van der Waals surface area contributed by atoms with Gasteiger partial charge in [0.05, 0.1) is 0 Å². The molecular formula is C17H21FN4OS. The number of hydrogen-bond acceptors (Lipinski definition) is 5. The van der Waals surface area contributed by atoms with Crippen molar-refractivity contribution >= 4 is 22.4 Å². The van der Waals surface area contributed by atoms with E-state index in [1.807, 2.05) is 0 Å². The number of carbonyl (C=O) groups excluding carboxylic acids is 1. The summed E-state index contributed by atoms with van der Waals surface area (Å²) in [7, 11) is 0. The predicted molar refractivity (Wildman–Crippen MR) is 92.5 cm³/mol. The van der Waals surface area contributed by atoms with Gasteiger partial charge in [0.1, 0.15) is 16.9 Å². The van der Waals surface area contributed by atoms with Gasteiger partial charge in [0, 0.05) is 18.5 Å². The topological polar surface area (TPSA) is 58.1 Å². The molecule has 0 spiro atoms. The number of carbonyl (C=O) groups is 1. The van der Waals surface area contributed by atoms with E-state index in [1.54, 1.807) is 17.0 Å². The number of anilines is 1. The van der Waals surface area contributed by atoms with Crippen molar-refractivity contribution in [1.82, 2.24) is 15.1 Å². The number of aromatic nitrogens is 2. The monoisotopic (exact) mass is 348 g/mol. The van der Waals surface area contributed by atoms with Crippen LogP contribution in [0.3, 0.4) is 0 Å². The third-order valence-electron chi connectivity index (χ3n) is 3.95. The van der Waals surface area contributed by atoms with Crippen LogP contribution in [0.2, 0.25) is 0 Å². The highest BCUT2D eigenvalue weighted by Gasteiger charge is 2.32. The Labute approximate surface area is 144 Å². The van der Waals surface area contributed by atoms with E-state index in [0.29, 0.717) is 18.2 Å². The Morgan fingerprint density at radius 1 is 1.29 bits per heavy atom. The van der Waals surface area contributed by atoms with E-state index in [0.717, 1.165) is 17.0 Å². The zero-order valence-electron chi connectivity index (χ0n) is 14.0. The Morgan fingerprint density at radius 3 is 2.62 bits per heavy atom. The second-order valence-corrected chi connectivity index (χ2v) is 8.01. The lowest BCUT2D eigenvalue weighted by molar-refractivity contribution is -0.128. The molecule has 1 aliphatic rings. The first-order valence-electron chi connectivity index (χ1n) is 7.97. The minimum absolute atomic E-state index is 0.0480. The molecule has 3 rings (SSSR count). The van der Waals surface area contributed by atoms with Gasteiger partial charge in [-0.15, -0.1) is 10.2 Å². The first-order chi connectivity index (χ1) is 11.3. The van der Waals surface area contributed by atoms with Crippen LogP contribution in [0.1, 0.15) is 37.8 Å². The van der Waals surface area contributed by atoms with E-state index < -0.39 is 0 Å². The minimum atomic E-state index is -0.272. The number of nitrogens with one attached hydrogen (secondary N) is 1. The van der Waals surface area contributed by atoms with Crippen molar-refractivity contribution in [2.45, 2.75) is 45.2 Å². The highest BCUT2D eigenvalue weighted by molar-refractivity contribution is 7.15. The molecule has 1 unspecified atom stereocenters. The second-order valence-electron chi connectivity index (χ2n) is 7.03. The molecule has 1 fully saturated rings. The fraction of sp³-hybridized carbons (Fsp3) is 0.471. The summed E-state index contributed by atoms with van der Waals surface area (Å²) in [5, 5.41) is 13.2.